The lowest BCUT2D eigenvalue weighted by Gasteiger charge is -2.16. The summed E-state index contributed by atoms with van der Waals surface area (Å²) in [6, 6.07) is 12.8. The highest BCUT2D eigenvalue weighted by Crippen LogP contribution is 2.25. The summed E-state index contributed by atoms with van der Waals surface area (Å²) in [5, 5.41) is 6.08. The zero-order valence-electron chi connectivity index (χ0n) is 17.7. The number of benzene rings is 2. The van der Waals surface area contributed by atoms with E-state index in [2.05, 4.69) is 15.6 Å². The number of carbonyl (C=O) groups excluding carboxylic acids is 1. The first-order chi connectivity index (χ1) is 14.6. The number of anilines is 1. The van der Waals surface area contributed by atoms with Gasteiger partial charge in [-0.2, -0.15) is 0 Å². The summed E-state index contributed by atoms with van der Waals surface area (Å²) in [5.74, 6) is 1.49. The smallest absolute Gasteiger partial charge is 0.257 e. The molecule has 0 radical (unpaired) electrons. The van der Waals surface area contributed by atoms with Crippen LogP contribution in [0, 0.1) is 6.92 Å². The molecule has 2 N–H and O–H groups in total. The minimum atomic E-state index is -0.261. The van der Waals surface area contributed by atoms with Gasteiger partial charge in [0.2, 0.25) is 5.96 Å². The standard InChI is InChI=1S/C23H29N3O4/c1-4-29-18-10-8-17(9-11-18)22(27)26-23(24-15-19-6-5-13-30-19)25-20-14-16(2)7-12-21(20)28-3/h7-12,14,19H,4-6,13,15H2,1-3H3,(H2,24,25,26,27)/t19-/m1/s1. The van der Waals surface area contributed by atoms with Gasteiger partial charge in [0.25, 0.3) is 5.91 Å². The van der Waals surface area contributed by atoms with Crippen LogP contribution in [0.25, 0.3) is 0 Å². The van der Waals surface area contributed by atoms with Crippen molar-refractivity contribution in [2.75, 3.05) is 32.2 Å². The van der Waals surface area contributed by atoms with Crippen molar-refractivity contribution in [2.24, 2.45) is 4.99 Å². The number of hydrogen-bond donors (Lipinski definition) is 2. The Hall–Kier alpha value is -3.06. The SMILES string of the molecule is CCOc1ccc(C(=O)NC(=NC[C@H]2CCCO2)Nc2cc(C)ccc2OC)cc1. The summed E-state index contributed by atoms with van der Waals surface area (Å²) < 4.78 is 16.5. The molecule has 0 bridgehead atoms. The van der Waals surface area contributed by atoms with Gasteiger partial charge in [0.05, 0.1) is 32.1 Å². The van der Waals surface area contributed by atoms with Gasteiger partial charge in [-0.15, -0.1) is 0 Å². The fraction of sp³-hybridized carbons (Fsp3) is 0.391. The average Bonchev–Trinajstić information content (AvgIpc) is 3.26. The van der Waals surface area contributed by atoms with Crippen molar-refractivity contribution in [1.29, 1.82) is 0 Å². The van der Waals surface area contributed by atoms with Crippen LogP contribution in [0.15, 0.2) is 47.5 Å². The Morgan fingerprint density at radius 1 is 1.23 bits per heavy atom. The highest BCUT2D eigenvalue weighted by atomic mass is 16.5. The molecule has 0 spiro atoms. The van der Waals surface area contributed by atoms with E-state index in [1.54, 1.807) is 31.4 Å². The molecule has 7 nitrogen and oxygen atoms in total. The number of hydrogen-bond acceptors (Lipinski definition) is 5. The molecule has 1 atom stereocenters. The molecule has 0 unspecified atom stereocenters. The molecular weight excluding hydrogens is 382 g/mol. The summed E-state index contributed by atoms with van der Waals surface area (Å²) in [5.41, 5.74) is 2.31. The van der Waals surface area contributed by atoms with Crippen LogP contribution in [0.5, 0.6) is 11.5 Å². The van der Waals surface area contributed by atoms with Gasteiger partial charge in [-0.05, 0) is 68.7 Å². The van der Waals surface area contributed by atoms with Crippen LogP contribution >= 0.6 is 0 Å². The first-order valence-electron chi connectivity index (χ1n) is 10.2. The quantitative estimate of drug-likeness (QED) is 0.535. The number of aryl methyl sites for hydroxylation is 1. The monoisotopic (exact) mass is 411 g/mol. The molecule has 2 aromatic rings. The first-order valence-corrected chi connectivity index (χ1v) is 10.2. The topological polar surface area (TPSA) is 81.2 Å². The second kappa shape index (κ2) is 10.6. The van der Waals surface area contributed by atoms with E-state index in [0.29, 0.717) is 30.4 Å². The van der Waals surface area contributed by atoms with E-state index in [-0.39, 0.29) is 12.0 Å². The summed E-state index contributed by atoms with van der Waals surface area (Å²) in [6.07, 6.45) is 2.08. The maximum absolute atomic E-state index is 12.8. The molecule has 1 aliphatic heterocycles. The van der Waals surface area contributed by atoms with Gasteiger partial charge in [0, 0.05) is 12.2 Å². The van der Waals surface area contributed by atoms with Crippen LogP contribution in [-0.2, 0) is 4.74 Å². The van der Waals surface area contributed by atoms with Gasteiger partial charge >= 0.3 is 0 Å². The molecule has 160 valence electrons. The van der Waals surface area contributed by atoms with Gasteiger partial charge in [0.15, 0.2) is 0 Å². The Labute approximate surface area is 177 Å². The number of methoxy groups -OCH3 is 1. The van der Waals surface area contributed by atoms with Crippen molar-refractivity contribution in [3.05, 3.63) is 53.6 Å². The summed E-state index contributed by atoms with van der Waals surface area (Å²) in [6.45, 7) is 5.72. The molecular formula is C23H29N3O4. The molecule has 0 aliphatic carbocycles. The maximum atomic E-state index is 12.8. The van der Waals surface area contributed by atoms with Crippen LogP contribution in [-0.4, -0.2) is 44.8 Å². The minimum Gasteiger partial charge on any atom is -0.495 e. The number of aliphatic imine (C=N–C) groups is 1. The molecule has 1 saturated heterocycles. The van der Waals surface area contributed by atoms with Crippen LogP contribution in [0.3, 0.4) is 0 Å². The third-order valence-corrected chi connectivity index (χ3v) is 4.74. The number of amides is 1. The third kappa shape index (κ3) is 5.97. The predicted octanol–water partition coefficient (Wildman–Crippen LogP) is 3.78. The summed E-state index contributed by atoms with van der Waals surface area (Å²) >= 11 is 0. The fourth-order valence-electron chi connectivity index (χ4n) is 3.19. The van der Waals surface area contributed by atoms with Crippen LogP contribution < -0.4 is 20.1 Å². The second-order valence-electron chi connectivity index (χ2n) is 7.06. The van der Waals surface area contributed by atoms with Crippen molar-refractivity contribution >= 4 is 17.6 Å². The molecule has 2 aromatic carbocycles. The third-order valence-electron chi connectivity index (χ3n) is 4.74. The van der Waals surface area contributed by atoms with Crippen LogP contribution in [0.2, 0.25) is 0 Å². The largest absolute Gasteiger partial charge is 0.495 e. The van der Waals surface area contributed by atoms with E-state index in [9.17, 15) is 4.79 Å². The van der Waals surface area contributed by atoms with E-state index in [4.69, 9.17) is 14.2 Å². The Morgan fingerprint density at radius 3 is 2.70 bits per heavy atom. The normalized spacial score (nSPS) is 16.2. The van der Waals surface area contributed by atoms with E-state index >= 15 is 0 Å². The summed E-state index contributed by atoms with van der Waals surface area (Å²) in [4.78, 5) is 17.4. The number of nitrogens with one attached hydrogen (secondary N) is 2. The Morgan fingerprint density at radius 2 is 2.03 bits per heavy atom. The first kappa shape index (κ1) is 21.6. The molecule has 1 aliphatic rings. The van der Waals surface area contributed by atoms with Crippen LogP contribution in [0.4, 0.5) is 5.69 Å². The van der Waals surface area contributed by atoms with E-state index in [1.807, 2.05) is 32.0 Å². The van der Waals surface area contributed by atoms with Crippen molar-refractivity contribution in [3.8, 4) is 11.5 Å². The lowest BCUT2D eigenvalue weighted by Crippen LogP contribution is -2.36. The van der Waals surface area contributed by atoms with Gasteiger partial charge < -0.3 is 19.5 Å². The van der Waals surface area contributed by atoms with E-state index < -0.39 is 0 Å². The predicted molar refractivity (Wildman–Crippen MR) is 118 cm³/mol. The van der Waals surface area contributed by atoms with Gasteiger partial charge in [-0.25, -0.2) is 4.99 Å². The molecule has 0 saturated carbocycles. The van der Waals surface area contributed by atoms with Gasteiger partial charge in [-0.3, -0.25) is 10.1 Å². The lowest BCUT2D eigenvalue weighted by molar-refractivity contribution is 0.0975. The van der Waals surface area contributed by atoms with E-state index in [1.165, 1.54) is 0 Å². The van der Waals surface area contributed by atoms with Crippen molar-refractivity contribution < 1.29 is 19.0 Å². The minimum absolute atomic E-state index is 0.0728. The molecule has 3 rings (SSSR count). The lowest BCUT2D eigenvalue weighted by atomic mass is 10.2. The molecule has 7 heteroatoms. The Bertz CT molecular complexity index is 875. The van der Waals surface area contributed by atoms with E-state index in [0.717, 1.165) is 36.4 Å². The molecule has 30 heavy (non-hydrogen) atoms. The molecule has 0 aromatic heterocycles. The highest BCUT2D eigenvalue weighted by Gasteiger charge is 2.17. The molecule has 1 heterocycles. The fourth-order valence-corrected chi connectivity index (χ4v) is 3.19. The van der Waals surface area contributed by atoms with Crippen molar-refractivity contribution in [3.63, 3.8) is 0 Å². The number of ether oxygens (including phenoxy) is 3. The maximum Gasteiger partial charge on any atom is 0.257 e. The Balaban J connectivity index is 1.77. The van der Waals surface area contributed by atoms with Crippen molar-refractivity contribution in [2.45, 2.75) is 32.8 Å². The van der Waals surface area contributed by atoms with Crippen LogP contribution in [0.1, 0.15) is 35.7 Å². The Kier molecular flexibility index (Phi) is 7.68. The second-order valence-corrected chi connectivity index (χ2v) is 7.06. The number of guanidine groups is 1. The van der Waals surface area contributed by atoms with Gasteiger partial charge in [0.1, 0.15) is 11.5 Å². The zero-order chi connectivity index (χ0) is 21.3. The highest BCUT2D eigenvalue weighted by molar-refractivity contribution is 6.10. The van der Waals surface area contributed by atoms with Gasteiger partial charge in [-0.1, -0.05) is 6.07 Å². The molecule has 1 fully saturated rings. The number of carbonyl (C=O) groups is 1. The molecule has 1 amide bonds. The number of rotatable bonds is 7. The number of nitrogens with zero attached hydrogens (tertiary/aromatic N) is 1. The zero-order valence-corrected chi connectivity index (χ0v) is 17.7. The average molecular weight is 412 g/mol. The summed E-state index contributed by atoms with van der Waals surface area (Å²) in [7, 11) is 1.61. The van der Waals surface area contributed by atoms with Crippen molar-refractivity contribution in [1.82, 2.24) is 5.32 Å².